The number of hydrogen-bond donors (Lipinski definition) is 2. The molecule has 2 unspecified atom stereocenters. The highest BCUT2D eigenvalue weighted by Gasteiger charge is 2.82. The predicted molar refractivity (Wildman–Crippen MR) is 63.4 cm³/mol. The molecule has 0 heterocycles. The van der Waals surface area contributed by atoms with Gasteiger partial charge in [-0.1, -0.05) is 0 Å². The lowest BCUT2D eigenvalue weighted by atomic mass is 9.89. The Kier molecular flexibility index (Phi) is 7.20. The maximum Gasteiger partial charge on any atom is 0.426 e. The quantitative estimate of drug-likeness (QED) is 0.614. The summed E-state index contributed by atoms with van der Waals surface area (Å²) < 4.78 is 160. The van der Waals surface area contributed by atoms with Gasteiger partial charge in [0.15, 0.2) is 0 Å². The summed E-state index contributed by atoms with van der Waals surface area (Å²) in [5, 5.41) is 17.8. The summed E-state index contributed by atoms with van der Waals surface area (Å²) in [6, 6.07) is 0. The van der Waals surface area contributed by atoms with E-state index in [1.807, 2.05) is 0 Å². The normalized spacial score (nSPS) is 17.8. The molecule has 0 aromatic rings. The largest absolute Gasteiger partial charge is 0.426 e. The number of alkyl halides is 12. The van der Waals surface area contributed by atoms with Crippen LogP contribution >= 0.6 is 0 Å². The minimum Gasteiger partial charge on any atom is -0.393 e. The van der Waals surface area contributed by atoms with E-state index in [0.29, 0.717) is 0 Å². The van der Waals surface area contributed by atoms with Crippen LogP contribution < -0.4 is 0 Å². The third-order valence-corrected chi connectivity index (χ3v) is 3.35. The fourth-order valence-corrected chi connectivity index (χ4v) is 2.23. The van der Waals surface area contributed by atoms with E-state index >= 15 is 0 Å². The SMILES string of the molecule is CC(O)CC(OC(CC(C)O)(C(F)(F)F)C(F)(F)F)(C(F)(F)F)C(F)(F)F. The van der Waals surface area contributed by atoms with Crippen molar-refractivity contribution in [2.75, 3.05) is 0 Å². The molecule has 0 aliphatic carbocycles. The fraction of sp³-hybridized carbons (Fsp3) is 1.00. The highest BCUT2D eigenvalue weighted by atomic mass is 19.4. The standard InChI is InChI=1S/C12H14F12O3/c1-5(25)3-7(9(13,14)15,10(16,17)18)27-8(4-6(2)26,11(19,20)21)12(22,23)24/h5-6,25-26H,3-4H2,1-2H3. The van der Waals surface area contributed by atoms with Gasteiger partial charge in [0.2, 0.25) is 0 Å². The molecule has 0 spiro atoms. The first kappa shape index (κ1) is 26.0. The van der Waals surface area contributed by atoms with E-state index in [0.717, 1.165) is 0 Å². The van der Waals surface area contributed by atoms with Crippen LogP contribution in [0.1, 0.15) is 26.7 Å². The molecule has 0 radical (unpaired) electrons. The maximum absolute atomic E-state index is 13.1. The van der Waals surface area contributed by atoms with Crippen molar-refractivity contribution in [3.8, 4) is 0 Å². The van der Waals surface area contributed by atoms with E-state index in [1.165, 1.54) is 0 Å². The first-order valence-corrected chi connectivity index (χ1v) is 6.87. The monoisotopic (exact) mass is 434 g/mol. The van der Waals surface area contributed by atoms with Crippen LogP contribution in [0.3, 0.4) is 0 Å². The first-order valence-electron chi connectivity index (χ1n) is 6.87. The minimum absolute atomic E-state index is 0.285. The lowest BCUT2D eigenvalue weighted by Gasteiger charge is -2.47. The Labute approximate surface area is 143 Å². The van der Waals surface area contributed by atoms with E-state index in [2.05, 4.69) is 4.74 Å². The summed E-state index contributed by atoms with van der Waals surface area (Å²) >= 11 is 0. The molecule has 2 N–H and O–H groups in total. The Morgan fingerprint density at radius 3 is 0.852 bits per heavy atom. The highest BCUT2D eigenvalue weighted by Crippen LogP contribution is 2.57. The molecule has 0 saturated carbocycles. The van der Waals surface area contributed by atoms with Gasteiger partial charge in [-0.15, -0.1) is 0 Å². The van der Waals surface area contributed by atoms with Gasteiger partial charge in [0.25, 0.3) is 11.2 Å². The molecule has 2 atom stereocenters. The van der Waals surface area contributed by atoms with E-state index in [1.54, 1.807) is 0 Å². The summed E-state index contributed by atoms with van der Waals surface area (Å²) in [5.74, 6) is 0. The van der Waals surface area contributed by atoms with Crippen LogP contribution in [-0.4, -0.2) is 58.3 Å². The second-order valence-corrected chi connectivity index (χ2v) is 5.85. The van der Waals surface area contributed by atoms with Crippen LogP contribution in [0.5, 0.6) is 0 Å². The molecule has 0 saturated heterocycles. The molecular formula is C12H14F12O3. The molecule has 164 valence electrons. The number of ether oxygens (including phenoxy) is 1. The number of halogens is 12. The number of aliphatic hydroxyl groups excluding tert-OH is 2. The summed E-state index contributed by atoms with van der Waals surface area (Å²) in [4.78, 5) is 0. The molecule has 0 rings (SSSR count). The average molecular weight is 434 g/mol. The lowest BCUT2D eigenvalue weighted by Crippen LogP contribution is -2.70. The zero-order valence-electron chi connectivity index (χ0n) is 13.4. The van der Waals surface area contributed by atoms with Crippen molar-refractivity contribution in [1.82, 2.24) is 0 Å². The summed E-state index contributed by atoms with van der Waals surface area (Å²) in [6.07, 6.45) is -38.0. The van der Waals surface area contributed by atoms with Gasteiger partial charge in [0, 0.05) is 12.8 Å². The van der Waals surface area contributed by atoms with Gasteiger partial charge < -0.3 is 14.9 Å². The Balaban J connectivity index is 6.97. The number of aliphatic hydroxyl groups is 2. The van der Waals surface area contributed by atoms with Gasteiger partial charge in [-0.25, -0.2) is 0 Å². The van der Waals surface area contributed by atoms with Crippen LogP contribution in [0.2, 0.25) is 0 Å². The van der Waals surface area contributed by atoms with Crippen LogP contribution in [-0.2, 0) is 4.74 Å². The van der Waals surface area contributed by atoms with E-state index in [4.69, 9.17) is 10.2 Å². The Bertz CT molecular complexity index is 414. The molecule has 0 amide bonds. The molecule has 15 heteroatoms. The maximum atomic E-state index is 13.1. The van der Waals surface area contributed by atoms with Gasteiger partial charge in [0.05, 0.1) is 12.2 Å². The molecule has 0 aliphatic rings. The van der Waals surface area contributed by atoms with Crippen LogP contribution in [0.25, 0.3) is 0 Å². The fourth-order valence-electron chi connectivity index (χ4n) is 2.23. The first-order chi connectivity index (χ1) is 11.5. The van der Waals surface area contributed by atoms with Gasteiger partial charge in [0.1, 0.15) is 0 Å². The van der Waals surface area contributed by atoms with Gasteiger partial charge in [-0.3, -0.25) is 0 Å². The summed E-state index contributed by atoms with van der Waals surface area (Å²) in [5.41, 5.74) is -12.0. The summed E-state index contributed by atoms with van der Waals surface area (Å²) in [7, 11) is 0. The topological polar surface area (TPSA) is 49.7 Å². The van der Waals surface area contributed by atoms with E-state index in [9.17, 15) is 52.7 Å². The molecule has 0 bridgehead atoms. The minimum atomic E-state index is -6.83. The van der Waals surface area contributed by atoms with Crippen molar-refractivity contribution < 1.29 is 67.6 Å². The van der Waals surface area contributed by atoms with Crippen LogP contribution in [0.4, 0.5) is 52.7 Å². The Morgan fingerprint density at radius 1 is 0.556 bits per heavy atom. The highest BCUT2D eigenvalue weighted by molar-refractivity contribution is 5.06. The molecule has 0 fully saturated rings. The molecule has 0 aromatic carbocycles. The van der Waals surface area contributed by atoms with Crippen LogP contribution in [0, 0.1) is 0 Å². The predicted octanol–water partition coefficient (Wildman–Crippen LogP) is 4.27. The molecule has 3 nitrogen and oxygen atoms in total. The second kappa shape index (κ2) is 7.46. The second-order valence-electron chi connectivity index (χ2n) is 5.85. The number of hydrogen-bond acceptors (Lipinski definition) is 3. The van der Waals surface area contributed by atoms with Crippen molar-refractivity contribution in [3.05, 3.63) is 0 Å². The van der Waals surface area contributed by atoms with Crippen LogP contribution in [0.15, 0.2) is 0 Å². The van der Waals surface area contributed by atoms with Crippen molar-refractivity contribution in [2.24, 2.45) is 0 Å². The van der Waals surface area contributed by atoms with Gasteiger partial charge in [-0.05, 0) is 13.8 Å². The van der Waals surface area contributed by atoms with Crippen molar-refractivity contribution in [1.29, 1.82) is 0 Å². The third-order valence-electron chi connectivity index (χ3n) is 3.35. The average Bonchev–Trinajstić information content (AvgIpc) is 2.29. The third kappa shape index (κ3) is 5.10. The smallest absolute Gasteiger partial charge is 0.393 e. The number of rotatable bonds is 6. The zero-order valence-corrected chi connectivity index (χ0v) is 13.4. The molecule has 27 heavy (non-hydrogen) atoms. The molecular weight excluding hydrogens is 420 g/mol. The Hall–Kier alpha value is -0.960. The van der Waals surface area contributed by atoms with Gasteiger partial charge >= 0.3 is 24.7 Å². The van der Waals surface area contributed by atoms with E-state index in [-0.39, 0.29) is 13.8 Å². The van der Waals surface area contributed by atoms with Gasteiger partial charge in [-0.2, -0.15) is 52.7 Å². The Morgan fingerprint density at radius 2 is 0.741 bits per heavy atom. The summed E-state index contributed by atoms with van der Waals surface area (Å²) in [6.45, 7) is 0.570. The van der Waals surface area contributed by atoms with Crippen molar-refractivity contribution in [2.45, 2.75) is 74.8 Å². The lowest BCUT2D eigenvalue weighted by molar-refractivity contribution is -0.473. The zero-order chi connectivity index (χ0) is 22.3. The van der Waals surface area contributed by atoms with Crippen molar-refractivity contribution in [3.63, 3.8) is 0 Å². The molecule has 0 aliphatic heterocycles. The molecule has 0 aromatic heterocycles. The van der Waals surface area contributed by atoms with Crippen molar-refractivity contribution >= 4 is 0 Å². The van der Waals surface area contributed by atoms with E-state index < -0.39 is 61.0 Å².